The Balaban J connectivity index is 0. The molecule has 8 nitrogen and oxygen atoms in total. The zero-order valence-electron chi connectivity index (χ0n) is 19.0. The van der Waals surface area contributed by atoms with Crippen molar-refractivity contribution < 1.29 is 38.1 Å². The zero-order valence-corrected chi connectivity index (χ0v) is 19.0. The van der Waals surface area contributed by atoms with Crippen molar-refractivity contribution in [3.63, 3.8) is 0 Å². The van der Waals surface area contributed by atoms with E-state index in [1.807, 2.05) is 0 Å². The van der Waals surface area contributed by atoms with Gasteiger partial charge < -0.3 is 18.9 Å². The van der Waals surface area contributed by atoms with E-state index in [2.05, 4.69) is 26.3 Å². The molecule has 0 saturated carbocycles. The average molecular weight is 439 g/mol. The van der Waals surface area contributed by atoms with E-state index in [1.165, 1.54) is 0 Å². The minimum Gasteiger partial charge on any atom is -0.462 e. The van der Waals surface area contributed by atoms with Gasteiger partial charge in [0.05, 0.1) is 26.4 Å². The Hall–Kier alpha value is -3.16. The number of carbonyl (C=O) groups excluding carboxylic acids is 4. The summed E-state index contributed by atoms with van der Waals surface area (Å²) in [5, 5.41) is 0. The predicted octanol–water partition coefficient (Wildman–Crippen LogP) is 3.62. The Morgan fingerprint density at radius 3 is 0.839 bits per heavy atom. The smallest absolute Gasteiger partial charge is 0.333 e. The molecule has 0 aliphatic heterocycles. The number of unbranched alkanes of at least 4 members (excludes halogenated alkanes) is 1. The highest BCUT2D eigenvalue weighted by Gasteiger charge is 2.05. The molecule has 31 heavy (non-hydrogen) atoms. The average Bonchev–Trinajstić information content (AvgIpc) is 2.69. The van der Waals surface area contributed by atoms with Crippen molar-refractivity contribution in [1.82, 2.24) is 0 Å². The molecule has 0 aromatic carbocycles. The first-order valence-electron chi connectivity index (χ1n) is 9.70. The molecule has 0 aromatic heterocycles. The van der Waals surface area contributed by atoms with Gasteiger partial charge in [-0.3, -0.25) is 0 Å². The molecule has 0 fully saturated rings. The third-order valence-corrected chi connectivity index (χ3v) is 3.15. The second kappa shape index (κ2) is 17.7. The molecule has 0 aliphatic rings. The minimum absolute atomic E-state index is 0.217. The molecule has 0 amide bonds. The van der Waals surface area contributed by atoms with E-state index in [9.17, 15) is 19.2 Å². The van der Waals surface area contributed by atoms with Crippen molar-refractivity contribution in [1.29, 1.82) is 0 Å². The predicted molar refractivity (Wildman–Crippen MR) is 117 cm³/mol. The summed E-state index contributed by atoms with van der Waals surface area (Å²) >= 11 is 0. The van der Waals surface area contributed by atoms with Gasteiger partial charge in [-0.1, -0.05) is 26.3 Å². The van der Waals surface area contributed by atoms with Gasteiger partial charge >= 0.3 is 23.9 Å². The number of ether oxygens (including phenoxy) is 4. The maximum atomic E-state index is 11.0. The largest absolute Gasteiger partial charge is 0.462 e. The van der Waals surface area contributed by atoms with Crippen molar-refractivity contribution >= 4 is 23.9 Å². The van der Waals surface area contributed by atoms with Crippen LogP contribution in [-0.2, 0) is 38.1 Å². The molecule has 0 saturated heterocycles. The molecule has 0 spiro atoms. The van der Waals surface area contributed by atoms with Crippen molar-refractivity contribution in [3.8, 4) is 0 Å². The highest BCUT2D eigenvalue weighted by Crippen LogP contribution is 1.99. The molecule has 0 aliphatic carbocycles. The molecule has 0 aromatic rings. The Labute approximate surface area is 184 Å². The summed E-state index contributed by atoms with van der Waals surface area (Å²) in [7, 11) is 0. The molecule has 0 heterocycles. The number of rotatable bonds is 13. The van der Waals surface area contributed by atoms with E-state index in [0.29, 0.717) is 54.8 Å². The lowest BCUT2D eigenvalue weighted by atomic mass is 10.3. The molecule has 0 radical (unpaired) electrons. The maximum Gasteiger partial charge on any atom is 0.333 e. The summed E-state index contributed by atoms with van der Waals surface area (Å²) < 4.78 is 19.3. The van der Waals surface area contributed by atoms with Crippen LogP contribution in [0.3, 0.4) is 0 Å². The Bertz CT molecular complexity index is 630. The van der Waals surface area contributed by atoms with Crippen molar-refractivity contribution in [2.45, 2.75) is 47.0 Å². The zero-order chi connectivity index (χ0) is 24.4. The van der Waals surface area contributed by atoms with Crippen LogP contribution in [0.25, 0.3) is 0 Å². The summed E-state index contributed by atoms with van der Waals surface area (Å²) in [6.45, 7) is 21.2. The third-order valence-electron chi connectivity index (χ3n) is 3.15. The van der Waals surface area contributed by atoms with E-state index >= 15 is 0 Å². The van der Waals surface area contributed by atoms with Crippen molar-refractivity contribution in [2.75, 3.05) is 26.4 Å². The molecule has 8 heteroatoms. The van der Waals surface area contributed by atoms with Gasteiger partial charge in [-0.25, -0.2) is 19.2 Å². The van der Waals surface area contributed by atoms with Gasteiger partial charge in [0.25, 0.3) is 0 Å². The number of esters is 4. The van der Waals surface area contributed by atoms with Gasteiger partial charge in [0.15, 0.2) is 0 Å². The molecule has 0 rings (SSSR count). The van der Waals surface area contributed by atoms with Crippen LogP contribution in [0, 0.1) is 0 Å². The molecular formula is C23H34O8. The number of hydrogen-bond acceptors (Lipinski definition) is 8. The Kier molecular flexibility index (Phi) is 17.1. The summed E-state index contributed by atoms with van der Waals surface area (Å²) in [6.07, 6.45) is 1.78. The fraction of sp³-hybridized carbons (Fsp3) is 0.478. The van der Waals surface area contributed by atoms with Gasteiger partial charge in [0, 0.05) is 28.7 Å². The van der Waals surface area contributed by atoms with Gasteiger partial charge in [-0.05, 0) is 40.5 Å². The SMILES string of the molecule is C=C(C)C(=O)OCCCCOC(=O)C(=C)C.C=C(C)C(=O)OCCCOC(=O)C(=C)C. The first-order chi connectivity index (χ1) is 14.4. The first kappa shape index (κ1) is 30.0. The highest BCUT2D eigenvalue weighted by atomic mass is 16.5. The normalized spacial score (nSPS) is 9.29. The standard InChI is InChI=1S/C12H18O4.C11H16O4/c1-9(2)11(13)15-7-5-6-8-16-12(14)10(3)4;1-8(2)10(12)14-6-5-7-15-11(13)9(3)4/h1,3,5-8H2,2,4H3;1,3,5-7H2,2,4H3. The topological polar surface area (TPSA) is 105 Å². The Morgan fingerprint density at radius 2 is 0.645 bits per heavy atom. The van der Waals surface area contributed by atoms with E-state index in [-0.39, 0.29) is 25.2 Å². The van der Waals surface area contributed by atoms with Crippen molar-refractivity contribution in [2.24, 2.45) is 0 Å². The quantitative estimate of drug-likeness (QED) is 0.186. The van der Waals surface area contributed by atoms with Crippen LogP contribution in [0.1, 0.15) is 47.0 Å². The van der Waals surface area contributed by atoms with Crippen molar-refractivity contribution in [3.05, 3.63) is 48.6 Å². The lowest BCUT2D eigenvalue weighted by Crippen LogP contribution is -2.11. The van der Waals surface area contributed by atoms with Crippen LogP contribution >= 0.6 is 0 Å². The van der Waals surface area contributed by atoms with E-state index < -0.39 is 11.9 Å². The number of carbonyl (C=O) groups is 4. The van der Waals surface area contributed by atoms with Crippen LogP contribution in [0.5, 0.6) is 0 Å². The van der Waals surface area contributed by atoms with E-state index in [1.54, 1.807) is 27.7 Å². The first-order valence-corrected chi connectivity index (χ1v) is 9.70. The van der Waals surface area contributed by atoms with Crippen LogP contribution in [0.15, 0.2) is 48.6 Å². The van der Waals surface area contributed by atoms with Gasteiger partial charge in [-0.2, -0.15) is 0 Å². The van der Waals surface area contributed by atoms with E-state index in [0.717, 1.165) is 0 Å². The summed E-state index contributed by atoms with van der Waals surface area (Å²) in [6, 6.07) is 0. The fourth-order valence-corrected chi connectivity index (χ4v) is 1.42. The molecular weight excluding hydrogens is 404 g/mol. The van der Waals surface area contributed by atoms with E-state index in [4.69, 9.17) is 18.9 Å². The number of hydrogen-bond donors (Lipinski definition) is 0. The maximum absolute atomic E-state index is 11.0. The fourth-order valence-electron chi connectivity index (χ4n) is 1.42. The molecule has 0 N–H and O–H groups in total. The van der Waals surface area contributed by atoms with Crippen LogP contribution < -0.4 is 0 Å². The lowest BCUT2D eigenvalue weighted by Gasteiger charge is -2.05. The monoisotopic (exact) mass is 438 g/mol. The minimum atomic E-state index is -0.429. The van der Waals surface area contributed by atoms with Gasteiger partial charge in [0.2, 0.25) is 0 Å². The molecule has 0 atom stereocenters. The highest BCUT2D eigenvalue weighted by molar-refractivity contribution is 5.88. The van der Waals surface area contributed by atoms with Crippen LogP contribution in [0.2, 0.25) is 0 Å². The molecule has 0 unspecified atom stereocenters. The third kappa shape index (κ3) is 18.6. The lowest BCUT2D eigenvalue weighted by molar-refractivity contribution is -0.142. The summed E-state index contributed by atoms with van der Waals surface area (Å²) in [5.74, 6) is -1.64. The summed E-state index contributed by atoms with van der Waals surface area (Å²) in [4.78, 5) is 43.7. The molecule has 0 bridgehead atoms. The van der Waals surface area contributed by atoms with Gasteiger partial charge in [0.1, 0.15) is 0 Å². The second-order valence-corrected chi connectivity index (χ2v) is 6.73. The Morgan fingerprint density at radius 1 is 0.452 bits per heavy atom. The van der Waals surface area contributed by atoms with Crippen LogP contribution in [-0.4, -0.2) is 50.3 Å². The molecule has 174 valence electrons. The second-order valence-electron chi connectivity index (χ2n) is 6.73. The summed E-state index contributed by atoms with van der Waals surface area (Å²) in [5.41, 5.74) is 1.48. The van der Waals surface area contributed by atoms with Crippen LogP contribution in [0.4, 0.5) is 0 Å². The van der Waals surface area contributed by atoms with Gasteiger partial charge in [-0.15, -0.1) is 0 Å².